The number of rotatable bonds is 5. The summed E-state index contributed by atoms with van der Waals surface area (Å²) in [5.74, 6) is -0.839. The molecule has 7 nitrogen and oxygen atoms in total. The minimum atomic E-state index is -3.63. The fraction of sp³-hybridized carbons (Fsp3) is 0.667. The molecule has 2 bridgehead atoms. The van der Waals surface area contributed by atoms with Crippen LogP contribution in [0.15, 0.2) is 22.8 Å². The first kappa shape index (κ1) is 19.3. The Labute approximate surface area is 154 Å². The van der Waals surface area contributed by atoms with E-state index in [2.05, 4.69) is 0 Å². The highest BCUT2D eigenvalue weighted by atomic mass is 32.2. The molecule has 4 atom stereocenters. The van der Waals surface area contributed by atoms with Gasteiger partial charge in [-0.15, -0.1) is 0 Å². The molecule has 2 aliphatic carbocycles. The first-order chi connectivity index (χ1) is 12.0. The summed E-state index contributed by atoms with van der Waals surface area (Å²) in [6.07, 6.45) is 1.88. The third kappa shape index (κ3) is 2.93. The molecule has 0 aromatic carbocycles. The third-order valence-electron chi connectivity index (χ3n) is 5.58. The Bertz CT molecular complexity index is 823. The Balaban J connectivity index is 1.71. The smallest absolute Gasteiger partial charge is 0.362 e. The van der Waals surface area contributed by atoms with Crippen LogP contribution in [0.25, 0.3) is 0 Å². The van der Waals surface area contributed by atoms with E-state index in [1.807, 2.05) is 13.0 Å². The summed E-state index contributed by atoms with van der Waals surface area (Å²) in [5, 5.41) is -0.590. The molecule has 26 heavy (non-hydrogen) atoms. The summed E-state index contributed by atoms with van der Waals surface area (Å²) in [6.45, 7) is 5.33. The third-order valence-corrected chi connectivity index (χ3v) is 7.39. The molecule has 3 rings (SSSR count). The second-order valence-electron chi connectivity index (χ2n) is 7.90. The number of hydrogen-bond acceptors (Lipinski definition) is 6. The summed E-state index contributed by atoms with van der Waals surface area (Å²) in [7, 11) is -0.308. The molecule has 1 saturated carbocycles. The second kappa shape index (κ2) is 6.28. The zero-order valence-corrected chi connectivity index (χ0v) is 16.6. The number of carbonyl (C=O) groups excluding carboxylic acids is 2. The summed E-state index contributed by atoms with van der Waals surface area (Å²) in [6, 6.07) is 0. The molecule has 4 unspecified atom stereocenters. The van der Waals surface area contributed by atoms with Crippen LogP contribution in [-0.4, -0.2) is 62.9 Å². The fourth-order valence-electron chi connectivity index (χ4n) is 4.43. The van der Waals surface area contributed by atoms with Gasteiger partial charge >= 0.3 is 11.9 Å². The van der Waals surface area contributed by atoms with Crippen molar-refractivity contribution < 1.29 is 31.4 Å². The summed E-state index contributed by atoms with van der Waals surface area (Å²) < 4.78 is 34.9. The maximum atomic E-state index is 12.5. The number of carbonyl (C=O) groups is 2. The molecule has 0 radical (unpaired) electrons. The number of fused-ring (bicyclic) bond motifs is 1. The van der Waals surface area contributed by atoms with Gasteiger partial charge in [0.1, 0.15) is 11.4 Å². The van der Waals surface area contributed by atoms with Crippen LogP contribution < -0.4 is 0 Å². The molecule has 1 saturated heterocycles. The van der Waals surface area contributed by atoms with Gasteiger partial charge in [0, 0.05) is 11.5 Å². The monoisotopic (exact) mass is 384 g/mol. The topological polar surface area (TPSA) is 86.7 Å². The summed E-state index contributed by atoms with van der Waals surface area (Å²) in [4.78, 5) is 25.0. The number of hydrogen-bond donors (Lipinski definition) is 0. The lowest BCUT2D eigenvalue weighted by Crippen LogP contribution is -2.50. The number of quaternary nitrogens is 1. The number of esters is 1. The van der Waals surface area contributed by atoms with E-state index < -0.39 is 33.5 Å². The van der Waals surface area contributed by atoms with Crippen molar-refractivity contribution in [3.8, 4) is 0 Å². The summed E-state index contributed by atoms with van der Waals surface area (Å²) >= 11 is 0. The van der Waals surface area contributed by atoms with Gasteiger partial charge in [0.05, 0.1) is 14.1 Å². The minimum absolute atomic E-state index is 0.121. The fourth-order valence-corrected chi connectivity index (χ4v) is 6.36. The van der Waals surface area contributed by atoms with E-state index in [1.165, 1.54) is 0 Å². The zero-order valence-electron chi connectivity index (χ0n) is 15.8. The van der Waals surface area contributed by atoms with Crippen LogP contribution in [0.5, 0.6) is 0 Å². The van der Waals surface area contributed by atoms with Crippen molar-refractivity contribution in [2.45, 2.75) is 51.1 Å². The van der Waals surface area contributed by atoms with E-state index >= 15 is 0 Å². The first-order valence-electron chi connectivity index (χ1n) is 8.85. The lowest BCUT2D eigenvalue weighted by atomic mass is 9.95. The molecule has 8 heteroatoms. The zero-order chi connectivity index (χ0) is 19.4. The molecular formula is C18H26NO6S+. The van der Waals surface area contributed by atoms with Crippen LogP contribution in [0.4, 0.5) is 0 Å². The average Bonchev–Trinajstić information content (AvgIpc) is 3.09. The molecule has 144 valence electrons. The molecule has 1 heterocycles. The Kier molecular flexibility index (Phi) is 4.65. The van der Waals surface area contributed by atoms with Crippen molar-refractivity contribution in [3.63, 3.8) is 0 Å². The van der Waals surface area contributed by atoms with Crippen LogP contribution in [0.1, 0.15) is 33.6 Å². The van der Waals surface area contributed by atoms with Gasteiger partial charge in [-0.25, -0.2) is 9.59 Å². The van der Waals surface area contributed by atoms with Gasteiger partial charge in [-0.2, -0.15) is 8.42 Å². The molecule has 0 aromatic heterocycles. The van der Waals surface area contributed by atoms with Crippen molar-refractivity contribution in [2.75, 3.05) is 20.6 Å². The Morgan fingerprint density at radius 1 is 1.35 bits per heavy atom. The molecule has 1 amide bonds. The van der Waals surface area contributed by atoms with Crippen molar-refractivity contribution >= 4 is 22.0 Å². The van der Waals surface area contributed by atoms with Gasteiger partial charge in [-0.3, -0.25) is 8.67 Å². The molecule has 2 fully saturated rings. The maximum Gasteiger partial charge on any atom is 0.362 e. The second-order valence-corrected chi connectivity index (χ2v) is 9.59. The van der Waals surface area contributed by atoms with Gasteiger partial charge in [0.2, 0.25) is 0 Å². The number of amides is 1. The van der Waals surface area contributed by atoms with Gasteiger partial charge in [0.15, 0.2) is 12.6 Å². The highest BCUT2D eigenvalue weighted by molar-refractivity contribution is 7.87. The molecular weight excluding hydrogens is 358 g/mol. The van der Waals surface area contributed by atoms with Crippen LogP contribution >= 0.6 is 0 Å². The van der Waals surface area contributed by atoms with E-state index in [9.17, 15) is 18.0 Å². The molecule has 3 aliphatic rings. The van der Waals surface area contributed by atoms with Crippen molar-refractivity contribution in [3.05, 3.63) is 22.8 Å². The van der Waals surface area contributed by atoms with E-state index in [0.29, 0.717) is 12.0 Å². The SMILES string of the molecule is CC/C=C(/C)C(=O)[N+](C)(C)CC(=O)OC1C2=C(C)C3C(C2)C1OS3(=O)=O. The Morgan fingerprint density at radius 3 is 2.62 bits per heavy atom. The molecule has 1 aliphatic heterocycles. The van der Waals surface area contributed by atoms with Crippen LogP contribution in [-0.2, 0) is 28.6 Å². The Hall–Kier alpha value is -1.51. The maximum absolute atomic E-state index is 12.5. The van der Waals surface area contributed by atoms with Crippen LogP contribution in [0, 0.1) is 5.92 Å². The van der Waals surface area contributed by atoms with E-state index in [-0.39, 0.29) is 22.9 Å². The highest BCUT2D eigenvalue weighted by Crippen LogP contribution is 2.55. The highest BCUT2D eigenvalue weighted by Gasteiger charge is 2.63. The molecule has 0 N–H and O–H groups in total. The van der Waals surface area contributed by atoms with Crippen LogP contribution in [0.2, 0.25) is 0 Å². The van der Waals surface area contributed by atoms with E-state index in [1.54, 1.807) is 27.9 Å². The number of ether oxygens (including phenoxy) is 1. The quantitative estimate of drug-likeness (QED) is 0.233. The average molecular weight is 384 g/mol. The lowest BCUT2D eigenvalue weighted by Gasteiger charge is -2.28. The predicted molar refractivity (Wildman–Crippen MR) is 94.3 cm³/mol. The summed E-state index contributed by atoms with van der Waals surface area (Å²) in [5.41, 5.74) is 2.21. The number of allylic oxidation sites excluding steroid dienone is 1. The molecule has 0 spiro atoms. The first-order valence-corrected chi connectivity index (χ1v) is 10.3. The van der Waals surface area contributed by atoms with Crippen molar-refractivity contribution in [1.82, 2.24) is 0 Å². The van der Waals surface area contributed by atoms with Crippen LogP contribution in [0.3, 0.4) is 0 Å². The number of likely N-dealkylation sites (N-methyl/N-ethyl adjacent to an activating group) is 1. The standard InChI is InChI=1S/C18H26NO6S/c1-6-7-10(2)18(21)19(4,5)9-14(20)24-15-12-8-13-16(15)25-26(22,23)17(13)11(12)3/h7,13,15-17H,6,8-9H2,1-5H3/q+1/b10-7-. The van der Waals surface area contributed by atoms with Crippen molar-refractivity contribution in [1.29, 1.82) is 0 Å². The van der Waals surface area contributed by atoms with Gasteiger partial charge in [-0.05, 0) is 37.8 Å². The molecule has 0 aromatic rings. The largest absolute Gasteiger partial charge is 0.451 e. The minimum Gasteiger partial charge on any atom is -0.451 e. The Morgan fingerprint density at radius 2 is 2.00 bits per heavy atom. The van der Waals surface area contributed by atoms with Crippen molar-refractivity contribution in [2.24, 2.45) is 5.92 Å². The van der Waals surface area contributed by atoms with Gasteiger partial charge in [0.25, 0.3) is 10.1 Å². The van der Waals surface area contributed by atoms with E-state index in [4.69, 9.17) is 8.92 Å². The number of nitrogens with zero attached hydrogens (tertiary/aromatic N) is 1. The predicted octanol–water partition coefficient (Wildman–Crippen LogP) is 1.30. The van der Waals surface area contributed by atoms with E-state index in [0.717, 1.165) is 17.6 Å². The lowest BCUT2D eigenvalue weighted by molar-refractivity contribution is -0.804. The van der Waals surface area contributed by atoms with Gasteiger partial charge < -0.3 is 4.74 Å². The normalized spacial score (nSPS) is 32.3. The van der Waals surface area contributed by atoms with Gasteiger partial charge in [-0.1, -0.05) is 13.0 Å².